The first-order valence-corrected chi connectivity index (χ1v) is 8.02. The molecule has 0 saturated heterocycles. The monoisotopic (exact) mass is 318 g/mol. The van der Waals surface area contributed by atoms with Crippen molar-refractivity contribution >= 4 is 17.2 Å². The number of hydrogen-bond acceptors (Lipinski definition) is 5. The quantitative estimate of drug-likeness (QED) is 0.858. The van der Waals surface area contributed by atoms with Gasteiger partial charge in [0.2, 0.25) is 12.7 Å². The van der Waals surface area contributed by atoms with Crippen LogP contribution in [0.1, 0.15) is 17.4 Å². The van der Waals surface area contributed by atoms with Gasteiger partial charge < -0.3 is 20.1 Å². The fraction of sp³-hybridized carbons (Fsp3) is 0.312. The molecule has 1 atom stereocenters. The van der Waals surface area contributed by atoms with Crippen LogP contribution in [0.2, 0.25) is 0 Å². The van der Waals surface area contributed by atoms with Gasteiger partial charge in [-0.3, -0.25) is 4.79 Å². The zero-order valence-electron chi connectivity index (χ0n) is 12.3. The first kappa shape index (κ1) is 14.9. The minimum Gasteiger partial charge on any atom is -0.454 e. The summed E-state index contributed by atoms with van der Waals surface area (Å²) in [6, 6.07) is 9.50. The third-order valence-electron chi connectivity index (χ3n) is 3.46. The molecule has 3 rings (SSSR count). The fourth-order valence-electron chi connectivity index (χ4n) is 2.15. The zero-order chi connectivity index (χ0) is 15.4. The second-order valence-electron chi connectivity index (χ2n) is 5.09. The lowest BCUT2D eigenvalue weighted by atomic mass is 10.2. The van der Waals surface area contributed by atoms with Gasteiger partial charge in [0.05, 0.1) is 6.04 Å². The van der Waals surface area contributed by atoms with Crippen molar-refractivity contribution < 1.29 is 14.3 Å². The van der Waals surface area contributed by atoms with Crippen molar-refractivity contribution in [2.75, 3.05) is 6.79 Å². The number of ether oxygens (including phenoxy) is 2. The average Bonchev–Trinajstić information content (AvgIpc) is 3.20. The van der Waals surface area contributed by atoms with E-state index in [1.165, 1.54) is 4.88 Å². The van der Waals surface area contributed by atoms with Gasteiger partial charge >= 0.3 is 0 Å². The number of fused-ring (bicyclic) bond motifs is 1. The molecule has 2 heterocycles. The maximum atomic E-state index is 12.1. The van der Waals surface area contributed by atoms with Gasteiger partial charge in [0.25, 0.3) is 0 Å². The Morgan fingerprint density at radius 1 is 1.27 bits per heavy atom. The molecule has 2 aromatic rings. The van der Waals surface area contributed by atoms with Gasteiger partial charge in [-0.1, -0.05) is 12.1 Å². The van der Waals surface area contributed by atoms with Crippen molar-refractivity contribution in [2.45, 2.75) is 26.1 Å². The van der Waals surface area contributed by atoms with Crippen LogP contribution in [0.5, 0.6) is 11.5 Å². The van der Waals surface area contributed by atoms with Crippen LogP contribution in [0.25, 0.3) is 0 Å². The van der Waals surface area contributed by atoms with Crippen LogP contribution in [-0.4, -0.2) is 18.7 Å². The van der Waals surface area contributed by atoms with E-state index in [4.69, 9.17) is 9.47 Å². The molecule has 6 heteroatoms. The van der Waals surface area contributed by atoms with E-state index in [0.717, 1.165) is 17.1 Å². The number of rotatable bonds is 6. The second kappa shape index (κ2) is 6.81. The molecule has 22 heavy (non-hydrogen) atoms. The van der Waals surface area contributed by atoms with Crippen LogP contribution in [0.15, 0.2) is 35.7 Å². The Kier molecular flexibility index (Phi) is 4.60. The summed E-state index contributed by atoms with van der Waals surface area (Å²) in [5, 5.41) is 8.17. The Morgan fingerprint density at radius 3 is 2.95 bits per heavy atom. The van der Waals surface area contributed by atoms with E-state index in [1.54, 1.807) is 11.3 Å². The highest BCUT2D eigenvalue weighted by atomic mass is 32.1. The Hall–Kier alpha value is -2.05. The van der Waals surface area contributed by atoms with Gasteiger partial charge in [-0.25, -0.2) is 0 Å². The topological polar surface area (TPSA) is 59.6 Å². The van der Waals surface area contributed by atoms with Gasteiger partial charge in [0.15, 0.2) is 11.5 Å². The van der Waals surface area contributed by atoms with Crippen molar-refractivity contribution in [3.8, 4) is 11.5 Å². The molecule has 1 aliphatic rings. The maximum Gasteiger partial charge on any atom is 0.237 e. The molecule has 0 saturated carbocycles. The highest BCUT2D eigenvalue weighted by Crippen LogP contribution is 2.32. The second-order valence-corrected chi connectivity index (χ2v) is 6.12. The van der Waals surface area contributed by atoms with E-state index < -0.39 is 0 Å². The van der Waals surface area contributed by atoms with Crippen LogP contribution >= 0.6 is 11.3 Å². The first-order chi connectivity index (χ1) is 10.7. The average molecular weight is 318 g/mol. The Morgan fingerprint density at radius 2 is 2.14 bits per heavy atom. The smallest absolute Gasteiger partial charge is 0.237 e. The minimum absolute atomic E-state index is 0.0192. The lowest BCUT2D eigenvalue weighted by Crippen LogP contribution is -2.41. The number of carbonyl (C=O) groups is 1. The molecule has 0 bridgehead atoms. The molecule has 1 aromatic heterocycles. The highest BCUT2D eigenvalue weighted by Gasteiger charge is 2.15. The van der Waals surface area contributed by atoms with Crippen LogP contribution < -0.4 is 20.1 Å². The van der Waals surface area contributed by atoms with Gasteiger partial charge in [0.1, 0.15) is 0 Å². The summed E-state index contributed by atoms with van der Waals surface area (Å²) in [5.41, 5.74) is 0.989. The SMILES string of the molecule is C[C@H](NCc1cccs1)C(=O)NCc1ccc2c(c1)OCO2. The van der Waals surface area contributed by atoms with Crippen molar-refractivity contribution in [3.05, 3.63) is 46.2 Å². The lowest BCUT2D eigenvalue weighted by molar-refractivity contribution is -0.122. The summed E-state index contributed by atoms with van der Waals surface area (Å²) in [6.45, 7) is 3.30. The summed E-state index contributed by atoms with van der Waals surface area (Å²) >= 11 is 1.68. The molecule has 1 amide bonds. The molecule has 5 nitrogen and oxygen atoms in total. The number of carbonyl (C=O) groups excluding carboxylic acids is 1. The number of hydrogen-bond donors (Lipinski definition) is 2. The normalized spacial score (nSPS) is 13.9. The maximum absolute atomic E-state index is 12.1. The standard InChI is InChI=1S/C16H18N2O3S/c1-11(17-9-13-3-2-6-22-13)16(19)18-8-12-4-5-14-15(7-12)21-10-20-14/h2-7,11,17H,8-10H2,1H3,(H,18,19)/t11-/m0/s1. The molecule has 1 aliphatic heterocycles. The number of thiophene rings is 1. The van der Waals surface area contributed by atoms with Crippen molar-refractivity contribution in [2.24, 2.45) is 0 Å². The molecule has 0 unspecified atom stereocenters. The van der Waals surface area contributed by atoms with E-state index >= 15 is 0 Å². The molecule has 0 radical (unpaired) electrons. The van der Waals surface area contributed by atoms with Crippen LogP contribution in [0.3, 0.4) is 0 Å². The Labute approximate surface area is 133 Å². The van der Waals surface area contributed by atoms with Gasteiger partial charge in [0, 0.05) is 18.0 Å². The fourth-order valence-corrected chi connectivity index (χ4v) is 2.81. The molecule has 0 aliphatic carbocycles. The Bertz CT molecular complexity index is 643. The summed E-state index contributed by atoms with van der Waals surface area (Å²) < 4.78 is 10.6. The summed E-state index contributed by atoms with van der Waals surface area (Å²) in [6.07, 6.45) is 0. The summed E-state index contributed by atoms with van der Waals surface area (Å²) in [5.74, 6) is 1.46. The largest absolute Gasteiger partial charge is 0.454 e. The lowest BCUT2D eigenvalue weighted by Gasteiger charge is -2.13. The summed E-state index contributed by atoms with van der Waals surface area (Å²) in [7, 11) is 0. The van der Waals surface area contributed by atoms with Crippen molar-refractivity contribution in [1.29, 1.82) is 0 Å². The molecule has 1 aromatic carbocycles. The van der Waals surface area contributed by atoms with Gasteiger partial charge in [-0.15, -0.1) is 11.3 Å². The predicted octanol–water partition coefficient (Wildman–Crippen LogP) is 2.27. The van der Waals surface area contributed by atoms with Gasteiger partial charge in [-0.2, -0.15) is 0 Å². The molecule has 116 valence electrons. The molecule has 0 fully saturated rings. The Balaban J connectivity index is 1.47. The van der Waals surface area contributed by atoms with E-state index in [0.29, 0.717) is 13.1 Å². The highest BCUT2D eigenvalue weighted by molar-refractivity contribution is 7.09. The number of benzene rings is 1. The zero-order valence-corrected chi connectivity index (χ0v) is 13.1. The van der Waals surface area contributed by atoms with Gasteiger partial charge in [-0.05, 0) is 36.1 Å². The number of nitrogens with one attached hydrogen (secondary N) is 2. The van der Waals surface area contributed by atoms with Crippen LogP contribution in [0, 0.1) is 0 Å². The third-order valence-corrected chi connectivity index (χ3v) is 4.34. The predicted molar refractivity (Wildman–Crippen MR) is 85.0 cm³/mol. The number of amides is 1. The van der Waals surface area contributed by atoms with E-state index in [2.05, 4.69) is 16.7 Å². The molecular weight excluding hydrogens is 300 g/mol. The van der Waals surface area contributed by atoms with Crippen molar-refractivity contribution in [1.82, 2.24) is 10.6 Å². The first-order valence-electron chi connectivity index (χ1n) is 7.14. The van der Waals surface area contributed by atoms with Crippen LogP contribution in [-0.2, 0) is 17.9 Å². The van der Waals surface area contributed by atoms with Crippen molar-refractivity contribution in [3.63, 3.8) is 0 Å². The molecule has 2 N–H and O–H groups in total. The summed E-state index contributed by atoms with van der Waals surface area (Å²) in [4.78, 5) is 13.3. The third kappa shape index (κ3) is 3.58. The van der Waals surface area contributed by atoms with Crippen LogP contribution in [0.4, 0.5) is 0 Å². The molecule has 0 spiro atoms. The van der Waals surface area contributed by atoms with E-state index in [9.17, 15) is 4.79 Å². The van der Waals surface area contributed by atoms with E-state index in [1.807, 2.05) is 36.6 Å². The molecular formula is C16H18N2O3S. The van der Waals surface area contributed by atoms with E-state index in [-0.39, 0.29) is 18.7 Å². The minimum atomic E-state index is -0.240.